The van der Waals surface area contributed by atoms with Crippen LogP contribution in [0.2, 0.25) is 0 Å². The van der Waals surface area contributed by atoms with Crippen LogP contribution in [0.3, 0.4) is 0 Å². The molecule has 0 aliphatic carbocycles. The maximum absolute atomic E-state index is 12.6. The summed E-state index contributed by atoms with van der Waals surface area (Å²) in [7, 11) is 2.35. The van der Waals surface area contributed by atoms with E-state index in [-0.39, 0.29) is 16.8 Å². The third kappa shape index (κ3) is 4.36. The molecule has 0 saturated carbocycles. The highest BCUT2D eigenvalue weighted by Gasteiger charge is 2.49. The quantitative estimate of drug-likeness (QED) is 0.516. The van der Waals surface area contributed by atoms with Gasteiger partial charge in [-0.2, -0.15) is 0 Å². The number of rotatable bonds is 7. The lowest BCUT2D eigenvalue weighted by molar-refractivity contribution is -0.134. The number of carbonyl (C=O) groups excluding carboxylic acids is 5. The summed E-state index contributed by atoms with van der Waals surface area (Å²) in [6.45, 7) is 3.04. The van der Waals surface area contributed by atoms with Crippen LogP contribution in [0.15, 0.2) is 18.2 Å². The van der Waals surface area contributed by atoms with Gasteiger partial charge in [-0.05, 0) is 31.0 Å². The largest absolute Gasteiger partial charge is 0.465 e. The van der Waals surface area contributed by atoms with Gasteiger partial charge < -0.3 is 20.1 Å². The molecule has 1 aromatic carbocycles. The third-order valence-corrected chi connectivity index (χ3v) is 4.81. The number of ether oxygens (including phenoxy) is 2. The Morgan fingerprint density at radius 1 is 1.00 bits per heavy atom. The van der Waals surface area contributed by atoms with E-state index < -0.39 is 41.9 Å². The number of nitrogens with zero attached hydrogens (tertiary/aromatic N) is 1. The normalized spacial score (nSPS) is 15.0. The smallest absolute Gasteiger partial charge is 0.337 e. The minimum Gasteiger partial charge on any atom is -0.465 e. The van der Waals surface area contributed by atoms with Gasteiger partial charge in [0.1, 0.15) is 12.1 Å². The Labute approximate surface area is 167 Å². The van der Waals surface area contributed by atoms with Crippen molar-refractivity contribution >= 4 is 35.5 Å². The lowest BCUT2D eigenvalue weighted by Gasteiger charge is -2.23. The van der Waals surface area contributed by atoms with Gasteiger partial charge in [0.05, 0.1) is 25.3 Å². The summed E-state index contributed by atoms with van der Waals surface area (Å²) in [5, 5.41) is 5.12. The number of anilines is 1. The molecule has 1 aliphatic heterocycles. The average molecular weight is 405 g/mol. The molecule has 10 nitrogen and oxygen atoms in total. The Morgan fingerprint density at radius 2 is 1.52 bits per heavy atom. The molecule has 1 aromatic rings. The van der Waals surface area contributed by atoms with E-state index in [0.717, 1.165) is 4.90 Å². The van der Waals surface area contributed by atoms with E-state index in [9.17, 15) is 24.0 Å². The van der Waals surface area contributed by atoms with E-state index in [2.05, 4.69) is 20.1 Å². The van der Waals surface area contributed by atoms with Crippen LogP contribution in [-0.4, -0.2) is 61.0 Å². The number of methoxy groups -OCH3 is 2. The van der Waals surface area contributed by atoms with E-state index in [4.69, 9.17) is 0 Å². The molecule has 0 spiro atoms. The molecule has 1 heterocycles. The molecule has 1 aliphatic rings. The lowest BCUT2D eigenvalue weighted by Crippen LogP contribution is -2.46. The summed E-state index contributed by atoms with van der Waals surface area (Å²) >= 11 is 0. The zero-order valence-electron chi connectivity index (χ0n) is 16.7. The van der Waals surface area contributed by atoms with Gasteiger partial charge in [-0.25, -0.2) is 14.4 Å². The summed E-state index contributed by atoms with van der Waals surface area (Å²) in [5.74, 6) is -2.57. The number of benzene rings is 1. The number of esters is 2. The molecule has 0 bridgehead atoms. The fraction of sp³-hybridized carbons (Fsp3) is 0.421. The van der Waals surface area contributed by atoms with Crippen LogP contribution in [0.4, 0.5) is 10.5 Å². The lowest BCUT2D eigenvalue weighted by atomic mass is 9.93. The van der Waals surface area contributed by atoms with Gasteiger partial charge in [0.25, 0.3) is 5.91 Å². The van der Waals surface area contributed by atoms with Crippen LogP contribution < -0.4 is 10.6 Å². The first-order chi connectivity index (χ1) is 13.7. The standard InChI is InChI=1S/C19H23N3O7/c1-5-19(6-2)17(26)22(18(27)21-19)10-14(23)20-13-8-11(15(24)28-3)7-12(9-13)16(25)29-4/h7-9H,5-6,10H2,1-4H3,(H,20,23)(H,21,27). The Hall–Kier alpha value is -3.43. The first-order valence-corrected chi connectivity index (χ1v) is 8.97. The predicted octanol–water partition coefficient (Wildman–Crippen LogP) is 1.31. The van der Waals surface area contributed by atoms with Gasteiger partial charge in [-0.3, -0.25) is 14.5 Å². The fourth-order valence-corrected chi connectivity index (χ4v) is 3.06. The molecule has 1 saturated heterocycles. The Kier molecular flexibility index (Phi) is 6.57. The van der Waals surface area contributed by atoms with E-state index in [1.807, 2.05) is 0 Å². The number of urea groups is 1. The van der Waals surface area contributed by atoms with Crippen LogP contribution in [0.5, 0.6) is 0 Å². The number of imide groups is 1. The molecule has 2 N–H and O–H groups in total. The van der Waals surface area contributed by atoms with Crippen molar-refractivity contribution in [2.75, 3.05) is 26.1 Å². The SMILES string of the molecule is CCC1(CC)NC(=O)N(CC(=O)Nc2cc(C(=O)OC)cc(C(=O)OC)c2)C1=O. The first kappa shape index (κ1) is 21.9. The molecule has 0 radical (unpaired) electrons. The molecule has 29 heavy (non-hydrogen) atoms. The summed E-state index contributed by atoms with van der Waals surface area (Å²) in [6.07, 6.45) is 0.797. The first-order valence-electron chi connectivity index (χ1n) is 8.97. The topological polar surface area (TPSA) is 131 Å². The van der Waals surface area contributed by atoms with E-state index in [1.165, 1.54) is 32.4 Å². The summed E-state index contributed by atoms with van der Waals surface area (Å²) < 4.78 is 9.28. The maximum Gasteiger partial charge on any atom is 0.337 e. The molecule has 1 fully saturated rings. The van der Waals surface area contributed by atoms with Crippen molar-refractivity contribution in [1.82, 2.24) is 10.2 Å². The van der Waals surface area contributed by atoms with Gasteiger partial charge in [-0.15, -0.1) is 0 Å². The molecule has 0 unspecified atom stereocenters. The molecular weight excluding hydrogens is 382 g/mol. The number of carbonyl (C=O) groups is 5. The average Bonchev–Trinajstić information content (AvgIpc) is 2.96. The zero-order chi connectivity index (χ0) is 21.8. The fourth-order valence-electron chi connectivity index (χ4n) is 3.06. The van der Waals surface area contributed by atoms with E-state index >= 15 is 0 Å². The summed E-state index contributed by atoms with van der Waals surface area (Å²) in [5.41, 5.74) is -0.851. The number of nitrogens with one attached hydrogen (secondary N) is 2. The molecule has 4 amide bonds. The van der Waals surface area contributed by atoms with Crippen molar-refractivity contribution in [2.45, 2.75) is 32.2 Å². The molecule has 0 aromatic heterocycles. The molecular formula is C19H23N3O7. The van der Waals surface area contributed by atoms with Crippen LogP contribution >= 0.6 is 0 Å². The predicted molar refractivity (Wildman–Crippen MR) is 101 cm³/mol. The monoisotopic (exact) mass is 405 g/mol. The van der Waals surface area contributed by atoms with Gasteiger partial charge in [0.15, 0.2) is 0 Å². The second-order valence-corrected chi connectivity index (χ2v) is 6.44. The number of hydrogen-bond acceptors (Lipinski definition) is 7. The van der Waals surface area contributed by atoms with Crippen molar-refractivity contribution in [3.05, 3.63) is 29.3 Å². The van der Waals surface area contributed by atoms with E-state index in [0.29, 0.717) is 12.8 Å². The van der Waals surface area contributed by atoms with Gasteiger partial charge in [0.2, 0.25) is 5.91 Å². The van der Waals surface area contributed by atoms with Gasteiger partial charge in [-0.1, -0.05) is 13.8 Å². The van der Waals surface area contributed by atoms with Gasteiger partial charge in [0, 0.05) is 5.69 Å². The molecule has 0 atom stereocenters. The number of hydrogen-bond donors (Lipinski definition) is 2. The number of amides is 4. The highest BCUT2D eigenvalue weighted by Crippen LogP contribution is 2.25. The van der Waals surface area contributed by atoms with Crippen LogP contribution in [0.1, 0.15) is 47.4 Å². The molecule has 10 heteroatoms. The third-order valence-electron chi connectivity index (χ3n) is 4.81. The van der Waals surface area contributed by atoms with Crippen LogP contribution in [-0.2, 0) is 19.1 Å². The highest BCUT2D eigenvalue weighted by atomic mass is 16.5. The van der Waals surface area contributed by atoms with Crippen LogP contribution in [0.25, 0.3) is 0 Å². The summed E-state index contributed by atoms with van der Waals surface area (Å²) in [6, 6.07) is 3.24. The molecule has 2 rings (SSSR count). The van der Waals surface area contributed by atoms with Gasteiger partial charge >= 0.3 is 18.0 Å². The van der Waals surface area contributed by atoms with Crippen LogP contribution in [0, 0.1) is 0 Å². The van der Waals surface area contributed by atoms with E-state index in [1.54, 1.807) is 13.8 Å². The highest BCUT2D eigenvalue weighted by molar-refractivity contribution is 6.10. The summed E-state index contributed by atoms with van der Waals surface area (Å²) in [4.78, 5) is 61.7. The van der Waals surface area contributed by atoms with Crippen molar-refractivity contribution in [3.8, 4) is 0 Å². The second-order valence-electron chi connectivity index (χ2n) is 6.44. The Bertz CT molecular complexity index is 827. The minimum absolute atomic E-state index is 0.0247. The Morgan fingerprint density at radius 3 is 1.93 bits per heavy atom. The second kappa shape index (κ2) is 8.72. The minimum atomic E-state index is -1.01. The Balaban J connectivity index is 2.22. The molecule has 156 valence electrons. The zero-order valence-corrected chi connectivity index (χ0v) is 16.7. The van der Waals surface area contributed by atoms with Crippen molar-refractivity contribution < 1.29 is 33.4 Å². The van der Waals surface area contributed by atoms with Crippen molar-refractivity contribution in [2.24, 2.45) is 0 Å². The van der Waals surface area contributed by atoms with Crippen molar-refractivity contribution in [1.29, 1.82) is 0 Å². The maximum atomic E-state index is 12.6. The van der Waals surface area contributed by atoms with Crippen molar-refractivity contribution in [3.63, 3.8) is 0 Å².